The topological polar surface area (TPSA) is 45.2 Å². The molecule has 0 atom stereocenters. The molecule has 0 unspecified atom stereocenters. The van der Waals surface area contributed by atoms with E-state index in [1.54, 1.807) is 0 Å². The first kappa shape index (κ1) is 17.3. The van der Waals surface area contributed by atoms with Gasteiger partial charge in [-0.1, -0.05) is 6.07 Å². The van der Waals surface area contributed by atoms with Gasteiger partial charge >= 0.3 is 0 Å². The van der Waals surface area contributed by atoms with Gasteiger partial charge in [-0.3, -0.25) is 9.69 Å². The van der Waals surface area contributed by atoms with Gasteiger partial charge in [0.05, 0.1) is 25.4 Å². The van der Waals surface area contributed by atoms with Gasteiger partial charge in [0, 0.05) is 38.1 Å². The Labute approximate surface area is 161 Å². The fourth-order valence-electron chi connectivity index (χ4n) is 5.19. The monoisotopic (exact) mass is 371 g/mol. The maximum atomic E-state index is 13.4. The number of anilines is 2. The summed E-state index contributed by atoms with van der Waals surface area (Å²) in [6.45, 7) is 7.13. The summed E-state index contributed by atoms with van der Waals surface area (Å²) in [5.74, 6) is 1.40. The van der Waals surface area contributed by atoms with E-state index in [9.17, 15) is 4.79 Å². The van der Waals surface area contributed by atoms with Crippen LogP contribution in [-0.4, -0.2) is 69.4 Å². The van der Waals surface area contributed by atoms with Crippen molar-refractivity contribution in [3.63, 3.8) is 0 Å². The minimum Gasteiger partial charge on any atom is -0.489 e. The van der Waals surface area contributed by atoms with Gasteiger partial charge in [0.2, 0.25) is 5.91 Å². The molecule has 1 aromatic carbocycles. The number of hydrogen-bond donors (Lipinski definition) is 0. The van der Waals surface area contributed by atoms with Gasteiger partial charge in [0.15, 0.2) is 0 Å². The molecule has 6 nitrogen and oxygen atoms in total. The molecule has 0 aromatic heterocycles. The molecule has 1 amide bonds. The highest BCUT2D eigenvalue weighted by Gasteiger charge is 2.36. The fraction of sp³-hybridized carbons (Fsp3) is 0.667. The van der Waals surface area contributed by atoms with E-state index in [1.807, 2.05) is 17.0 Å². The van der Waals surface area contributed by atoms with Crippen LogP contribution in [0.25, 0.3) is 0 Å². The lowest BCUT2D eigenvalue weighted by Crippen LogP contribution is -2.50. The first-order valence-corrected chi connectivity index (χ1v) is 10.5. The second kappa shape index (κ2) is 7.32. The van der Waals surface area contributed by atoms with E-state index in [0.717, 1.165) is 95.4 Å². The number of carbonyl (C=O) groups excluding carboxylic acids is 1. The standard InChI is InChI=1S/C21H29N3O3/c25-21(16-4-6-17(7-5-16)22-10-13-26-14-11-22)24-9-8-23-12-15-27-19-3-1-2-18(24)20(19)23/h1-3,16-17H,4-15H2. The number of benzene rings is 1. The number of rotatable bonds is 2. The highest BCUT2D eigenvalue weighted by molar-refractivity contribution is 6.00. The number of amides is 1. The number of nitrogens with zero attached hydrogens (tertiary/aromatic N) is 3. The molecule has 0 bridgehead atoms. The summed E-state index contributed by atoms with van der Waals surface area (Å²) in [7, 11) is 0. The SMILES string of the molecule is O=C(C1CCC(N2CCOCC2)CC1)N1CCN2CCOc3cccc1c32. The van der Waals surface area contributed by atoms with E-state index < -0.39 is 0 Å². The molecular formula is C21H29N3O3. The van der Waals surface area contributed by atoms with Crippen LogP contribution in [0.2, 0.25) is 0 Å². The lowest BCUT2D eigenvalue weighted by molar-refractivity contribution is -0.123. The minimum absolute atomic E-state index is 0.161. The molecule has 2 fully saturated rings. The van der Waals surface area contributed by atoms with E-state index >= 15 is 0 Å². The van der Waals surface area contributed by atoms with Crippen LogP contribution in [-0.2, 0) is 9.53 Å². The van der Waals surface area contributed by atoms with Gasteiger partial charge < -0.3 is 19.3 Å². The number of hydrogen-bond acceptors (Lipinski definition) is 5. The van der Waals surface area contributed by atoms with Gasteiger partial charge in [-0.05, 0) is 37.8 Å². The quantitative estimate of drug-likeness (QED) is 0.797. The lowest BCUT2D eigenvalue weighted by atomic mass is 9.84. The summed E-state index contributed by atoms with van der Waals surface area (Å²) in [6, 6.07) is 6.75. The molecule has 146 valence electrons. The molecule has 1 saturated heterocycles. The van der Waals surface area contributed by atoms with Crippen LogP contribution in [0.4, 0.5) is 11.4 Å². The first-order chi connectivity index (χ1) is 13.3. The zero-order valence-electron chi connectivity index (χ0n) is 15.9. The van der Waals surface area contributed by atoms with Crippen LogP contribution in [0.5, 0.6) is 5.75 Å². The van der Waals surface area contributed by atoms with Crippen molar-refractivity contribution in [3.05, 3.63) is 18.2 Å². The van der Waals surface area contributed by atoms with E-state index in [2.05, 4.69) is 15.9 Å². The molecule has 0 N–H and O–H groups in total. The van der Waals surface area contributed by atoms with Crippen molar-refractivity contribution in [2.45, 2.75) is 31.7 Å². The third-order valence-corrected chi connectivity index (χ3v) is 6.67. The van der Waals surface area contributed by atoms with Crippen LogP contribution >= 0.6 is 0 Å². The average molecular weight is 371 g/mol. The summed E-state index contributed by atoms with van der Waals surface area (Å²) in [6.07, 6.45) is 4.28. The van der Waals surface area contributed by atoms with Crippen molar-refractivity contribution in [3.8, 4) is 5.75 Å². The number of morpholine rings is 1. The van der Waals surface area contributed by atoms with Gasteiger partial charge in [-0.2, -0.15) is 0 Å². The summed E-state index contributed by atoms with van der Waals surface area (Å²) in [5, 5.41) is 0. The molecule has 3 heterocycles. The predicted octanol–water partition coefficient (Wildman–Crippen LogP) is 2.12. The molecular weight excluding hydrogens is 342 g/mol. The van der Waals surface area contributed by atoms with E-state index in [4.69, 9.17) is 9.47 Å². The molecule has 1 aromatic rings. The Morgan fingerprint density at radius 2 is 1.74 bits per heavy atom. The Morgan fingerprint density at radius 3 is 2.56 bits per heavy atom. The third kappa shape index (κ3) is 3.19. The van der Waals surface area contributed by atoms with Crippen LogP contribution in [0, 0.1) is 5.92 Å². The molecule has 6 heteroatoms. The van der Waals surface area contributed by atoms with E-state index in [0.29, 0.717) is 11.9 Å². The zero-order chi connectivity index (χ0) is 18.2. The Kier molecular flexibility index (Phi) is 4.70. The second-order valence-corrected chi connectivity index (χ2v) is 8.10. The summed E-state index contributed by atoms with van der Waals surface area (Å²) in [5.41, 5.74) is 2.16. The molecule has 0 radical (unpaired) electrons. The van der Waals surface area contributed by atoms with Crippen LogP contribution < -0.4 is 14.5 Å². The zero-order valence-corrected chi connectivity index (χ0v) is 15.9. The van der Waals surface area contributed by atoms with E-state index in [1.165, 1.54) is 0 Å². The summed E-state index contributed by atoms with van der Waals surface area (Å²) in [4.78, 5) is 20.3. The smallest absolute Gasteiger partial charge is 0.230 e. The van der Waals surface area contributed by atoms with Crippen molar-refractivity contribution >= 4 is 17.3 Å². The predicted molar refractivity (Wildman–Crippen MR) is 105 cm³/mol. The van der Waals surface area contributed by atoms with E-state index in [-0.39, 0.29) is 5.92 Å². The normalized spacial score (nSPS) is 28.4. The van der Waals surface area contributed by atoms with Crippen molar-refractivity contribution in [1.82, 2.24) is 4.90 Å². The van der Waals surface area contributed by atoms with Gasteiger partial charge in [0.1, 0.15) is 18.0 Å². The maximum Gasteiger partial charge on any atom is 0.230 e. The Balaban J connectivity index is 1.28. The van der Waals surface area contributed by atoms with Crippen molar-refractivity contribution < 1.29 is 14.3 Å². The number of carbonyl (C=O) groups is 1. The number of ether oxygens (including phenoxy) is 2. The average Bonchev–Trinajstić information content (AvgIpc) is 2.75. The number of para-hydroxylation sites is 1. The second-order valence-electron chi connectivity index (χ2n) is 8.10. The first-order valence-electron chi connectivity index (χ1n) is 10.5. The fourth-order valence-corrected chi connectivity index (χ4v) is 5.19. The van der Waals surface area contributed by atoms with Crippen LogP contribution in [0.3, 0.4) is 0 Å². The Hall–Kier alpha value is -1.79. The Morgan fingerprint density at radius 1 is 0.926 bits per heavy atom. The van der Waals surface area contributed by atoms with Gasteiger partial charge in [0.25, 0.3) is 0 Å². The molecule has 1 aliphatic carbocycles. The molecule has 27 heavy (non-hydrogen) atoms. The molecule has 1 saturated carbocycles. The molecule has 0 spiro atoms. The molecule has 5 rings (SSSR count). The largest absolute Gasteiger partial charge is 0.489 e. The third-order valence-electron chi connectivity index (χ3n) is 6.67. The molecule has 4 aliphatic rings. The van der Waals surface area contributed by atoms with Crippen LogP contribution in [0.15, 0.2) is 18.2 Å². The Bertz CT molecular complexity index is 696. The summed E-state index contributed by atoms with van der Waals surface area (Å²) < 4.78 is 11.3. The highest BCUT2D eigenvalue weighted by Crippen LogP contribution is 2.43. The highest BCUT2D eigenvalue weighted by atomic mass is 16.5. The minimum atomic E-state index is 0.161. The van der Waals surface area contributed by atoms with Crippen LogP contribution in [0.1, 0.15) is 25.7 Å². The van der Waals surface area contributed by atoms with Crippen molar-refractivity contribution in [1.29, 1.82) is 0 Å². The van der Waals surface area contributed by atoms with Crippen molar-refractivity contribution in [2.24, 2.45) is 5.92 Å². The summed E-state index contributed by atoms with van der Waals surface area (Å²) >= 11 is 0. The molecule has 3 aliphatic heterocycles. The van der Waals surface area contributed by atoms with Crippen molar-refractivity contribution in [2.75, 3.05) is 62.3 Å². The van der Waals surface area contributed by atoms with Gasteiger partial charge in [-0.15, -0.1) is 0 Å². The lowest BCUT2D eigenvalue weighted by Gasteiger charge is -2.43. The maximum absolute atomic E-state index is 13.4. The van der Waals surface area contributed by atoms with Gasteiger partial charge in [-0.25, -0.2) is 0 Å².